The van der Waals surface area contributed by atoms with Gasteiger partial charge in [0, 0.05) is 19.1 Å². The Morgan fingerprint density at radius 2 is 2.00 bits per heavy atom. The van der Waals surface area contributed by atoms with Gasteiger partial charge in [0.05, 0.1) is 13.2 Å². The van der Waals surface area contributed by atoms with Gasteiger partial charge in [-0.25, -0.2) is 0 Å². The van der Waals surface area contributed by atoms with Crippen LogP contribution in [0.1, 0.15) is 13.8 Å². The zero-order chi connectivity index (χ0) is 9.68. The molecular weight excluding hydrogens is 172 g/mol. The summed E-state index contributed by atoms with van der Waals surface area (Å²) in [6.45, 7) is 5.68. The molecule has 4 nitrogen and oxygen atoms in total. The summed E-state index contributed by atoms with van der Waals surface area (Å²) in [6.07, 6.45) is -0.419. The smallest absolute Gasteiger partial charge is 0.184 e. The third kappa shape index (κ3) is 2.64. The van der Waals surface area contributed by atoms with Crippen LogP contribution in [0.2, 0.25) is 0 Å². The summed E-state index contributed by atoms with van der Waals surface area (Å²) >= 11 is 0. The first kappa shape index (κ1) is 10.9. The van der Waals surface area contributed by atoms with Gasteiger partial charge in [0.2, 0.25) is 0 Å². The van der Waals surface area contributed by atoms with E-state index < -0.39 is 0 Å². The number of rotatable bonds is 5. The molecule has 0 aliphatic carbocycles. The van der Waals surface area contributed by atoms with Gasteiger partial charge in [0.15, 0.2) is 6.29 Å². The first-order valence-electron chi connectivity index (χ1n) is 4.79. The second kappa shape index (κ2) is 5.54. The van der Waals surface area contributed by atoms with Crippen LogP contribution in [0.15, 0.2) is 0 Å². The summed E-state index contributed by atoms with van der Waals surface area (Å²) in [4.78, 5) is 0. The molecule has 1 aliphatic heterocycles. The zero-order valence-corrected chi connectivity index (χ0v) is 8.23. The lowest BCUT2D eigenvalue weighted by Gasteiger charge is -2.21. The van der Waals surface area contributed by atoms with E-state index in [1.807, 2.05) is 13.8 Å². The summed E-state index contributed by atoms with van der Waals surface area (Å²) in [5, 5.41) is 9.03. The van der Waals surface area contributed by atoms with Gasteiger partial charge in [0.25, 0.3) is 0 Å². The Bertz CT molecular complexity index is 140. The maximum Gasteiger partial charge on any atom is 0.184 e. The molecule has 78 valence electrons. The monoisotopic (exact) mass is 190 g/mol. The molecule has 1 fully saturated rings. The van der Waals surface area contributed by atoms with Crippen molar-refractivity contribution in [2.24, 2.45) is 5.92 Å². The first-order valence-corrected chi connectivity index (χ1v) is 4.79. The highest BCUT2D eigenvalue weighted by Gasteiger charge is 2.37. The van der Waals surface area contributed by atoms with E-state index in [1.54, 1.807) is 0 Å². The van der Waals surface area contributed by atoms with E-state index in [0.29, 0.717) is 19.8 Å². The minimum absolute atomic E-state index is 0.0523. The van der Waals surface area contributed by atoms with Crippen LogP contribution < -0.4 is 0 Å². The predicted octanol–water partition coefficient (Wildman–Crippen LogP) is 0.393. The lowest BCUT2D eigenvalue weighted by atomic mass is 10.1. The Morgan fingerprint density at radius 1 is 1.31 bits per heavy atom. The predicted molar refractivity (Wildman–Crippen MR) is 47.4 cm³/mol. The molecule has 0 aromatic rings. The summed E-state index contributed by atoms with van der Waals surface area (Å²) in [7, 11) is 0. The van der Waals surface area contributed by atoms with Gasteiger partial charge in [-0.3, -0.25) is 0 Å². The van der Waals surface area contributed by atoms with Gasteiger partial charge in [0.1, 0.15) is 6.10 Å². The topological polar surface area (TPSA) is 47.9 Å². The molecular formula is C9H18O4. The number of aliphatic hydroxyl groups excluding tert-OH is 1. The molecule has 0 unspecified atom stereocenters. The van der Waals surface area contributed by atoms with Gasteiger partial charge in [-0.15, -0.1) is 0 Å². The molecule has 1 N–H and O–H groups in total. The van der Waals surface area contributed by atoms with Crippen molar-refractivity contribution in [1.29, 1.82) is 0 Å². The molecule has 0 aromatic heterocycles. The fourth-order valence-corrected chi connectivity index (χ4v) is 1.50. The molecule has 0 bridgehead atoms. The highest BCUT2D eigenvalue weighted by atomic mass is 16.7. The molecule has 1 rings (SSSR count). The van der Waals surface area contributed by atoms with E-state index in [0.717, 1.165) is 0 Å². The number of ether oxygens (including phenoxy) is 3. The highest BCUT2D eigenvalue weighted by Crippen LogP contribution is 2.23. The van der Waals surface area contributed by atoms with Crippen molar-refractivity contribution in [2.45, 2.75) is 26.2 Å². The second-order valence-corrected chi connectivity index (χ2v) is 3.02. The third-order valence-corrected chi connectivity index (χ3v) is 2.13. The SMILES string of the molecule is CCO[C@@H]1OC[C@H](CO)[C@H]1OCC. The van der Waals surface area contributed by atoms with Crippen molar-refractivity contribution in [1.82, 2.24) is 0 Å². The molecule has 1 aliphatic rings. The van der Waals surface area contributed by atoms with Crippen molar-refractivity contribution in [3.8, 4) is 0 Å². The Balaban J connectivity index is 2.45. The van der Waals surface area contributed by atoms with Crippen molar-refractivity contribution in [3.05, 3.63) is 0 Å². The van der Waals surface area contributed by atoms with Gasteiger partial charge >= 0.3 is 0 Å². The summed E-state index contributed by atoms with van der Waals surface area (Å²) in [5.74, 6) is 0.0523. The number of aliphatic hydroxyl groups is 1. The van der Waals surface area contributed by atoms with E-state index in [2.05, 4.69) is 0 Å². The number of hydrogen-bond donors (Lipinski definition) is 1. The van der Waals surface area contributed by atoms with Crippen LogP contribution in [-0.2, 0) is 14.2 Å². The van der Waals surface area contributed by atoms with Crippen molar-refractivity contribution < 1.29 is 19.3 Å². The molecule has 0 spiro atoms. The quantitative estimate of drug-likeness (QED) is 0.681. The molecule has 0 aromatic carbocycles. The summed E-state index contributed by atoms with van der Waals surface area (Å²) < 4.78 is 16.2. The van der Waals surface area contributed by atoms with Gasteiger partial charge in [-0.1, -0.05) is 0 Å². The molecule has 0 amide bonds. The van der Waals surface area contributed by atoms with Gasteiger partial charge < -0.3 is 19.3 Å². The lowest BCUT2D eigenvalue weighted by Crippen LogP contribution is -2.33. The van der Waals surface area contributed by atoms with E-state index >= 15 is 0 Å². The summed E-state index contributed by atoms with van der Waals surface area (Å²) in [5.41, 5.74) is 0. The molecule has 1 heterocycles. The maximum absolute atomic E-state index is 9.03. The zero-order valence-electron chi connectivity index (χ0n) is 8.23. The molecule has 3 atom stereocenters. The minimum atomic E-state index is -0.304. The van der Waals surface area contributed by atoms with Crippen LogP contribution in [-0.4, -0.2) is 43.9 Å². The molecule has 0 radical (unpaired) electrons. The fourth-order valence-electron chi connectivity index (χ4n) is 1.50. The summed E-state index contributed by atoms with van der Waals surface area (Å²) in [6, 6.07) is 0. The van der Waals surface area contributed by atoms with Crippen LogP contribution >= 0.6 is 0 Å². The van der Waals surface area contributed by atoms with Crippen molar-refractivity contribution >= 4 is 0 Å². The molecule has 13 heavy (non-hydrogen) atoms. The van der Waals surface area contributed by atoms with Crippen LogP contribution in [0.5, 0.6) is 0 Å². The van der Waals surface area contributed by atoms with Crippen LogP contribution in [0, 0.1) is 5.92 Å². The Labute approximate surface area is 78.8 Å². The Hall–Kier alpha value is -0.160. The number of hydrogen-bond acceptors (Lipinski definition) is 4. The van der Waals surface area contributed by atoms with E-state index in [4.69, 9.17) is 19.3 Å². The highest BCUT2D eigenvalue weighted by molar-refractivity contribution is 4.79. The van der Waals surface area contributed by atoms with Gasteiger partial charge in [-0.2, -0.15) is 0 Å². The average Bonchev–Trinajstić information content (AvgIpc) is 2.50. The lowest BCUT2D eigenvalue weighted by molar-refractivity contribution is -0.162. The van der Waals surface area contributed by atoms with Crippen molar-refractivity contribution in [3.63, 3.8) is 0 Å². The van der Waals surface area contributed by atoms with Crippen LogP contribution in [0.25, 0.3) is 0 Å². The molecule has 1 saturated heterocycles. The van der Waals surface area contributed by atoms with E-state index in [9.17, 15) is 0 Å². The normalized spacial score (nSPS) is 33.9. The first-order chi connectivity index (χ1) is 6.33. The Morgan fingerprint density at radius 3 is 2.54 bits per heavy atom. The maximum atomic E-state index is 9.03. The van der Waals surface area contributed by atoms with Crippen molar-refractivity contribution in [2.75, 3.05) is 26.4 Å². The fraction of sp³-hybridized carbons (Fsp3) is 1.00. The molecule has 4 heteroatoms. The standard InChI is InChI=1S/C9H18O4/c1-3-11-8-7(5-10)6-13-9(8)12-4-2/h7-10H,3-6H2,1-2H3/t7-,8+,9+/m0/s1. The van der Waals surface area contributed by atoms with Gasteiger partial charge in [-0.05, 0) is 13.8 Å². The second-order valence-electron chi connectivity index (χ2n) is 3.02. The molecule has 0 saturated carbocycles. The minimum Gasteiger partial charge on any atom is -0.396 e. The van der Waals surface area contributed by atoms with Crippen LogP contribution in [0.3, 0.4) is 0 Å². The van der Waals surface area contributed by atoms with Crippen LogP contribution in [0.4, 0.5) is 0 Å². The average molecular weight is 190 g/mol. The Kier molecular flexibility index (Phi) is 4.66. The third-order valence-electron chi connectivity index (χ3n) is 2.13. The largest absolute Gasteiger partial charge is 0.396 e. The van der Waals surface area contributed by atoms with E-state index in [1.165, 1.54) is 0 Å². The van der Waals surface area contributed by atoms with E-state index in [-0.39, 0.29) is 24.9 Å².